The largest absolute Gasteiger partial charge is 0.357 e. The molecule has 0 radical (unpaired) electrons. The molecule has 1 aliphatic heterocycles. The number of aliphatic imine (C=N–C) groups is 1. The van der Waals surface area contributed by atoms with Gasteiger partial charge in [0.2, 0.25) is 5.91 Å². The zero-order valence-electron chi connectivity index (χ0n) is 11.2. The predicted octanol–water partition coefficient (Wildman–Crippen LogP) is 0.920. The fourth-order valence-electron chi connectivity index (χ4n) is 1.81. The first kappa shape index (κ1) is 17.2. The van der Waals surface area contributed by atoms with Crippen LogP contribution in [0.5, 0.6) is 0 Å². The number of rotatable bonds is 3. The summed E-state index contributed by atoms with van der Waals surface area (Å²) >= 11 is 0. The summed E-state index contributed by atoms with van der Waals surface area (Å²) in [5.41, 5.74) is 0. The molecule has 104 valence electrons. The number of piperazine rings is 1. The Labute approximate surface area is 126 Å². The van der Waals surface area contributed by atoms with E-state index in [1.165, 1.54) is 0 Å². The summed E-state index contributed by atoms with van der Waals surface area (Å²) in [7, 11) is 0. The van der Waals surface area contributed by atoms with Gasteiger partial charge in [0.25, 0.3) is 0 Å². The molecule has 0 aliphatic carbocycles. The van der Waals surface area contributed by atoms with Crippen molar-refractivity contribution in [1.82, 2.24) is 15.1 Å². The third-order valence-corrected chi connectivity index (χ3v) is 2.73. The van der Waals surface area contributed by atoms with E-state index >= 15 is 0 Å². The number of nitrogens with one attached hydrogen (secondary N) is 1. The van der Waals surface area contributed by atoms with Gasteiger partial charge in [-0.1, -0.05) is 6.08 Å². The van der Waals surface area contributed by atoms with Gasteiger partial charge in [0.15, 0.2) is 5.96 Å². The van der Waals surface area contributed by atoms with Crippen LogP contribution in [0.25, 0.3) is 0 Å². The van der Waals surface area contributed by atoms with E-state index in [9.17, 15) is 4.79 Å². The molecule has 1 aliphatic rings. The van der Waals surface area contributed by atoms with Crippen LogP contribution in [0.3, 0.4) is 0 Å². The monoisotopic (exact) mass is 366 g/mol. The van der Waals surface area contributed by atoms with Gasteiger partial charge in [-0.05, 0) is 6.92 Å². The molecule has 1 amide bonds. The van der Waals surface area contributed by atoms with Gasteiger partial charge in [0.1, 0.15) is 0 Å². The van der Waals surface area contributed by atoms with E-state index in [-0.39, 0.29) is 29.9 Å². The average Bonchev–Trinajstić information content (AvgIpc) is 2.34. The van der Waals surface area contributed by atoms with Gasteiger partial charge >= 0.3 is 0 Å². The fourth-order valence-corrected chi connectivity index (χ4v) is 1.81. The van der Waals surface area contributed by atoms with Crippen LogP contribution in [-0.4, -0.2) is 60.9 Å². The standard InChI is InChI=1S/C12H22N4O.HI/c1-4-6-14-12(13-5-2)16-9-7-15(8-10-16)11(3)17;/h4H,1,5-10H2,2-3H3,(H,13,14);1H. The maximum Gasteiger partial charge on any atom is 0.219 e. The zero-order chi connectivity index (χ0) is 12.7. The second-order valence-electron chi connectivity index (χ2n) is 3.98. The van der Waals surface area contributed by atoms with E-state index in [2.05, 4.69) is 28.7 Å². The molecule has 1 saturated heterocycles. The Bertz CT molecular complexity index is 298. The lowest BCUT2D eigenvalue weighted by molar-refractivity contribution is -0.130. The summed E-state index contributed by atoms with van der Waals surface area (Å²) in [5, 5.41) is 3.26. The van der Waals surface area contributed by atoms with Crippen molar-refractivity contribution in [1.29, 1.82) is 0 Å². The minimum Gasteiger partial charge on any atom is -0.357 e. The lowest BCUT2D eigenvalue weighted by atomic mass is 10.3. The van der Waals surface area contributed by atoms with E-state index in [4.69, 9.17) is 0 Å². The molecule has 5 nitrogen and oxygen atoms in total. The highest BCUT2D eigenvalue weighted by Gasteiger charge is 2.20. The van der Waals surface area contributed by atoms with E-state index in [1.54, 1.807) is 13.0 Å². The number of hydrogen-bond donors (Lipinski definition) is 1. The molecule has 0 spiro atoms. The molecule has 0 saturated carbocycles. The van der Waals surface area contributed by atoms with Gasteiger partial charge in [0.05, 0.1) is 6.54 Å². The fraction of sp³-hybridized carbons (Fsp3) is 0.667. The molecule has 1 fully saturated rings. The van der Waals surface area contributed by atoms with Crippen molar-refractivity contribution in [2.24, 2.45) is 4.99 Å². The molecule has 1 rings (SSSR count). The van der Waals surface area contributed by atoms with Crippen LogP contribution in [0.2, 0.25) is 0 Å². The quantitative estimate of drug-likeness (QED) is 0.350. The van der Waals surface area contributed by atoms with Gasteiger partial charge in [-0.3, -0.25) is 4.79 Å². The van der Waals surface area contributed by atoms with Gasteiger partial charge in [0, 0.05) is 39.6 Å². The Balaban J connectivity index is 0.00000289. The lowest BCUT2D eigenvalue weighted by Gasteiger charge is -2.36. The third kappa shape index (κ3) is 5.24. The number of carbonyl (C=O) groups excluding carboxylic acids is 1. The topological polar surface area (TPSA) is 47.9 Å². The first-order chi connectivity index (χ1) is 8.19. The molecule has 0 aromatic heterocycles. The highest BCUT2D eigenvalue weighted by molar-refractivity contribution is 14.0. The average molecular weight is 366 g/mol. The second-order valence-corrected chi connectivity index (χ2v) is 3.98. The zero-order valence-corrected chi connectivity index (χ0v) is 13.5. The van der Waals surface area contributed by atoms with E-state index in [1.807, 2.05) is 4.90 Å². The predicted molar refractivity (Wildman–Crippen MR) is 85.4 cm³/mol. The van der Waals surface area contributed by atoms with Crippen LogP contribution in [0, 0.1) is 0 Å². The summed E-state index contributed by atoms with van der Waals surface area (Å²) in [6, 6.07) is 0. The molecule has 1 heterocycles. The van der Waals surface area contributed by atoms with Crippen LogP contribution >= 0.6 is 24.0 Å². The lowest BCUT2D eigenvalue weighted by Crippen LogP contribution is -2.53. The Morgan fingerprint density at radius 1 is 1.33 bits per heavy atom. The Morgan fingerprint density at radius 2 is 1.89 bits per heavy atom. The SMILES string of the molecule is C=CCN=C(NCC)N1CCN(C(C)=O)CC1.I. The van der Waals surface area contributed by atoms with Gasteiger partial charge in [-0.15, -0.1) is 30.6 Å². The molecule has 0 unspecified atom stereocenters. The van der Waals surface area contributed by atoms with Crippen molar-refractivity contribution >= 4 is 35.8 Å². The molecular weight excluding hydrogens is 343 g/mol. The van der Waals surface area contributed by atoms with Gasteiger partial charge in [-0.2, -0.15) is 0 Å². The molecular formula is C12H23IN4O. The molecule has 6 heteroatoms. The minimum absolute atomic E-state index is 0. The smallest absolute Gasteiger partial charge is 0.219 e. The highest BCUT2D eigenvalue weighted by Crippen LogP contribution is 2.02. The summed E-state index contributed by atoms with van der Waals surface area (Å²) < 4.78 is 0. The minimum atomic E-state index is 0. The summed E-state index contributed by atoms with van der Waals surface area (Å²) in [4.78, 5) is 19.7. The molecule has 0 aromatic carbocycles. The molecule has 0 bridgehead atoms. The van der Waals surface area contributed by atoms with Crippen molar-refractivity contribution < 1.29 is 4.79 Å². The van der Waals surface area contributed by atoms with E-state index < -0.39 is 0 Å². The number of guanidine groups is 1. The molecule has 0 atom stereocenters. The number of carbonyl (C=O) groups is 1. The Morgan fingerprint density at radius 3 is 2.33 bits per heavy atom. The number of hydrogen-bond acceptors (Lipinski definition) is 2. The molecule has 18 heavy (non-hydrogen) atoms. The van der Waals surface area contributed by atoms with Crippen LogP contribution in [0.4, 0.5) is 0 Å². The van der Waals surface area contributed by atoms with Crippen molar-refractivity contribution in [3.63, 3.8) is 0 Å². The number of amides is 1. The summed E-state index contributed by atoms with van der Waals surface area (Å²) in [5.74, 6) is 1.06. The first-order valence-electron chi connectivity index (χ1n) is 6.08. The highest BCUT2D eigenvalue weighted by atomic mass is 127. The second kappa shape index (κ2) is 9.18. The molecule has 0 aromatic rings. The summed E-state index contributed by atoms with van der Waals surface area (Å²) in [6.45, 7) is 12.0. The van der Waals surface area contributed by atoms with E-state index in [0.29, 0.717) is 6.54 Å². The van der Waals surface area contributed by atoms with E-state index in [0.717, 1.165) is 38.7 Å². The van der Waals surface area contributed by atoms with Crippen molar-refractivity contribution in [2.75, 3.05) is 39.3 Å². The molecule has 1 N–H and O–H groups in total. The third-order valence-electron chi connectivity index (χ3n) is 2.73. The van der Waals surface area contributed by atoms with Crippen LogP contribution in [-0.2, 0) is 4.79 Å². The van der Waals surface area contributed by atoms with Crippen LogP contribution < -0.4 is 5.32 Å². The van der Waals surface area contributed by atoms with Crippen molar-refractivity contribution in [2.45, 2.75) is 13.8 Å². The number of halogens is 1. The van der Waals surface area contributed by atoms with Crippen LogP contribution in [0.15, 0.2) is 17.6 Å². The maximum absolute atomic E-state index is 11.2. The maximum atomic E-state index is 11.2. The van der Waals surface area contributed by atoms with Gasteiger partial charge in [-0.25, -0.2) is 4.99 Å². The number of nitrogens with zero attached hydrogens (tertiary/aromatic N) is 3. The Kier molecular flexibility index (Phi) is 8.78. The normalized spacial score (nSPS) is 16.0. The van der Waals surface area contributed by atoms with Crippen LogP contribution in [0.1, 0.15) is 13.8 Å². The Hall–Kier alpha value is -0.790. The summed E-state index contributed by atoms with van der Waals surface area (Å²) in [6.07, 6.45) is 1.78. The van der Waals surface area contributed by atoms with Crippen molar-refractivity contribution in [3.05, 3.63) is 12.7 Å². The first-order valence-corrected chi connectivity index (χ1v) is 6.08. The van der Waals surface area contributed by atoms with Crippen molar-refractivity contribution in [3.8, 4) is 0 Å². The van der Waals surface area contributed by atoms with Gasteiger partial charge < -0.3 is 15.1 Å².